The zero-order valence-corrected chi connectivity index (χ0v) is 12.4. The van der Waals surface area contributed by atoms with Gasteiger partial charge in [0.2, 0.25) is 5.91 Å². The van der Waals surface area contributed by atoms with E-state index in [1.165, 1.54) is 0 Å². The quantitative estimate of drug-likeness (QED) is 0.933. The van der Waals surface area contributed by atoms with Crippen molar-refractivity contribution in [3.63, 3.8) is 0 Å². The highest BCUT2D eigenvalue weighted by molar-refractivity contribution is 6.35. The van der Waals surface area contributed by atoms with Crippen LogP contribution in [0.25, 0.3) is 0 Å². The summed E-state index contributed by atoms with van der Waals surface area (Å²) in [5, 5.41) is 3.99. The number of rotatable bonds is 4. The van der Waals surface area contributed by atoms with E-state index in [9.17, 15) is 4.79 Å². The molecule has 0 unspecified atom stereocenters. The van der Waals surface area contributed by atoms with Crippen LogP contribution in [0.1, 0.15) is 24.1 Å². The van der Waals surface area contributed by atoms with E-state index in [0.29, 0.717) is 10.0 Å². The third kappa shape index (κ3) is 3.95. The van der Waals surface area contributed by atoms with Crippen LogP contribution < -0.4 is 5.32 Å². The Morgan fingerprint density at radius 2 is 1.95 bits per heavy atom. The lowest BCUT2D eigenvalue weighted by molar-refractivity contribution is -0.121. The fourth-order valence-electron chi connectivity index (χ4n) is 1.87. The van der Waals surface area contributed by atoms with Crippen molar-refractivity contribution in [1.82, 2.24) is 10.3 Å². The average molecular weight is 309 g/mol. The molecule has 1 N–H and O–H groups in total. The Kier molecular flexibility index (Phi) is 4.99. The van der Waals surface area contributed by atoms with E-state index in [0.717, 1.165) is 11.1 Å². The number of halogens is 2. The summed E-state index contributed by atoms with van der Waals surface area (Å²) in [4.78, 5) is 16.0. The van der Waals surface area contributed by atoms with E-state index < -0.39 is 0 Å². The minimum absolute atomic E-state index is 0.0726. The van der Waals surface area contributed by atoms with E-state index >= 15 is 0 Å². The predicted octanol–water partition coefficient (Wildman–Crippen LogP) is 3.81. The summed E-state index contributed by atoms with van der Waals surface area (Å²) in [7, 11) is 0. The van der Waals surface area contributed by atoms with Crippen LogP contribution in [0.2, 0.25) is 10.0 Å². The van der Waals surface area contributed by atoms with Crippen molar-refractivity contribution in [3.8, 4) is 0 Å². The summed E-state index contributed by atoms with van der Waals surface area (Å²) >= 11 is 11.9. The number of carbonyl (C=O) groups is 1. The number of carbonyl (C=O) groups excluding carboxylic acids is 1. The van der Waals surface area contributed by atoms with Crippen molar-refractivity contribution < 1.29 is 4.79 Å². The Hall–Kier alpha value is -1.58. The van der Waals surface area contributed by atoms with Crippen molar-refractivity contribution in [2.24, 2.45) is 0 Å². The molecule has 1 atom stereocenters. The van der Waals surface area contributed by atoms with Gasteiger partial charge < -0.3 is 5.32 Å². The second kappa shape index (κ2) is 6.73. The van der Waals surface area contributed by atoms with Crippen molar-refractivity contribution in [2.45, 2.75) is 19.4 Å². The Labute approximate surface area is 127 Å². The smallest absolute Gasteiger partial charge is 0.224 e. The van der Waals surface area contributed by atoms with E-state index in [4.69, 9.17) is 23.2 Å². The summed E-state index contributed by atoms with van der Waals surface area (Å²) in [6, 6.07) is 8.80. The molecule has 0 aliphatic rings. The number of benzene rings is 1. The number of aromatic nitrogens is 1. The van der Waals surface area contributed by atoms with Gasteiger partial charge in [0.15, 0.2) is 0 Å². The van der Waals surface area contributed by atoms with Crippen LogP contribution in [0.5, 0.6) is 0 Å². The Balaban J connectivity index is 1.99. The number of amides is 1. The van der Waals surface area contributed by atoms with Crippen LogP contribution in [-0.2, 0) is 11.2 Å². The summed E-state index contributed by atoms with van der Waals surface area (Å²) in [6.07, 6.45) is 3.63. The largest absolute Gasteiger partial charge is 0.349 e. The number of pyridine rings is 1. The van der Waals surface area contributed by atoms with Gasteiger partial charge in [0.1, 0.15) is 0 Å². The maximum Gasteiger partial charge on any atom is 0.224 e. The zero-order chi connectivity index (χ0) is 14.5. The Morgan fingerprint density at radius 1 is 1.25 bits per heavy atom. The van der Waals surface area contributed by atoms with Crippen molar-refractivity contribution >= 4 is 29.1 Å². The van der Waals surface area contributed by atoms with Crippen molar-refractivity contribution in [2.75, 3.05) is 0 Å². The first-order chi connectivity index (χ1) is 9.56. The Morgan fingerprint density at radius 3 is 2.60 bits per heavy atom. The minimum Gasteiger partial charge on any atom is -0.349 e. The summed E-state index contributed by atoms with van der Waals surface area (Å²) in [6.45, 7) is 1.93. The molecular formula is C15H14Cl2N2O. The molecule has 104 valence electrons. The molecule has 0 aliphatic carbocycles. The summed E-state index contributed by atoms with van der Waals surface area (Å²) in [5.74, 6) is -0.0847. The lowest BCUT2D eigenvalue weighted by Gasteiger charge is -2.14. The van der Waals surface area contributed by atoms with Gasteiger partial charge in [-0.3, -0.25) is 9.78 Å². The first kappa shape index (κ1) is 14.8. The predicted molar refractivity (Wildman–Crippen MR) is 81.0 cm³/mol. The maximum absolute atomic E-state index is 12.0. The van der Waals surface area contributed by atoms with Crippen LogP contribution in [0.4, 0.5) is 0 Å². The van der Waals surface area contributed by atoms with Gasteiger partial charge in [0.25, 0.3) is 0 Å². The van der Waals surface area contributed by atoms with Gasteiger partial charge in [0.05, 0.1) is 12.5 Å². The topological polar surface area (TPSA) is 42.0 Å². The monoisotopic (exact) mass is 308 g/mol. The zero-order valence-electron chi connectivity index (χ0n) is 10.9. The molecule has 1 aromatic heterocycles. The van der Waals surface area contributed by atoms with Crippen LogP contribution >= 0.6 is 23.2 Å². The molecule has 5 heteroatoms. The summed E-state index contributed by atoms with van der Waals surface area (Å²) < 4.78 is 0. The van der Waals surface area contributed by atoms with Crippen LogP contribution in [0, 0.1) is 0 Å². The molecule has 2 aromatic rings. The molecule has 3 nitrogen and oxygen atoms in total. The lowest BCUT2D eigenvalue weighted by atomic mass is 10.1. The molecular weight excluding hydrogens is 295 g/mol. The van der Waals surface area contributed by atoms with Crippen LogP contribution in [0.15, 0.2) is 42.7 Å². The first-order valence-electron chi connectivity index (χ1n) is 6.19. The molecule has 20 heavy (non-hydrogen) atoms. The van der Waals surface area contributed by atoms with Crippen LogP contribution in [0.3, 0.4) is 0 Å². The number of hydrogen-bond acceptors (Lipinski definition) is 2. The standard InChI is InChI=1S/C15H14Cl2N2O/c1-10(11-4-6-18-7-5-11)19-15(20)8-12-2-3-13(16)9-14(12)17/h2-7,9-10H,8H2,1H3,(H,19,20)/t10-/m1/s1. The molecule has 1 heterocycles. The van der Waals surface area contributed by atoms with Gasteiger partial charge in [0, 0.05) is 22.4 Å². The highest BCUT2D eigenvalue weighted by Gasteiger charge is 2.11. The van der Waals surface area contributed by atoms with Gasteiger partial charge in [-0.05, 0) is 42.3 Å². The first-order valence-corrected chi connectivity index (χ1v) is 6.95. The van der Waals surface area contributed by atoms with Crippen molar-refractivity contribution in [1.29, 1.82) is 0 Å². The SMILES string of the molecule is C[C@@H](NC(=O)Cc1ccc(Cl)cc1Cl)c1ccncc1. The van der Waals surface area contributed by atoms with E-state index in [2.05, 4.69) is 10.3 Å². The average Bonchev–Trinajstić information content (AvgIpc) is 2.43. The van der Waals surface area contributed by atoms with E-state index in [1.54, 1.807) is 30.6 Å². The Bertz CT molecular complexity index is 602. The van der Waals surface area contributed by atoms with Gasteiger partial charge >= 0.3 is 0 Å². The highest BCUT2D eigenvalue weighted by atomic mass is 35.5. The second-order valence-electron chi connectivity index (χ2n) is 4.48. The second-order valence-corrected chi connectivity index (χ2v) is 5.33. The molecule has 0 saturated heterocycles. The van der Waals surface area contributed by atoms with Crippen LogP contribution in [-0.4, -0.2) is 10.9 Å². The number of hydrogen-bond donors (Lipinski definition) is 1. The molecule has 0 bridgehead atoms. The molecule has 1 aromatic carbocycles. The number of nitrogens with zero attached hydrogens (tertiary/aromatic N) is 1. The molecule has 1 amide bonds. The highest BCUT2D eigenvalue weighted by Crippen LogP contribution is 2.21. The van der Waals surface area contributed by atoms with Gasteiger partial charge in [-0.2, -0.15) is 0 Å². The van der Waals surface area contributed by atoms with Gasteiger partial charge in [-0.15, -0.1) is 0 Å². The molecule has 2 rings (SSSR count). The summed E-state index contributed by atoms with van der Waals surface area (Å²) in [5.41, 5.74) is 1.77. The van der Waals surface area contributed by atoms with E-state index in [-0.39, 0.29) is 18.4 Å². The fourth-order valence-corrected chi connectivity index (χ4v) is 2.34. The van der Waals surface area contributed by atoms with E-state index in [1.807, 2.05) is 19.1 Å². The minimum atomic E-state index is -0.0847. The third-order valence-electron chi connectivity index (χ3n) is 2.95. The normalized spacial score (nSPS) is 11.9. The van der Waals surface area contributed by atoms with Crippen molar-refractivity contribution in [3.05, 3.63) is 63.9 Å². The van der Waals surface area contributed by atoms with Gasteiger partial charge in [-0.1, -0.05) is 29.3 Å². The lowest BCUT2D eigenvalue weighted by Crippen LogP contribution is -2.28. The molecule has 0 saturated carbocycles. The maximum atomic E-state index is 12.0. The molecule has 0 fully saturated rings. The van der Waals surface area contributed by atoms with Gasteiger partial charge in [-0.25, -0.2) is 0 Å². The molecule has 0 aliphatic heterocycles. The third-order valence-corrected chi connectivity index (χ3v) is 3.54. The molecule has 0 radical (unpaired) electrons. The fraction of sp³-hybridized carbons (Fsp3) is 0.200. The number of nitrogens with one attached hydrogen (secondary N) is 1. The molecule has 0 spiro atoms.